The van der Waals surface area contributed by atoms with Crippen molar-refractivity contribution in [2.24, 2.45) is 0 Å². The Bertz CT molecular complexity index is 819. The van der Waals surface area contributed by atoms with Crippen LogP contribution in [0.3, 0.4) is 0 Å². The van der Waals surface area contributed by atoms with E-state index in [0.717, 1.165) is 40.2 Å². The van der Waals surface area contributed by atoms with Gasteiger partial charge < -0.3 is 9.74 Å². The number of rotatable bonds is 4. The van der Waals surface area contributed by atoms with Crippen LogP contribution in [0.1, 0.15) is 46.5 Å². The van der Waals surface area contributed by atoms with Gasteiger partial charge in [0.15, 0.2) is 8.32 Å². The zero-order valence-electron chi connectivity index (χ0n) is 16.6. The Morgan fingerprint density at radius 3 is 2.44 bits per heavy atom. The number of halogens is 2. The van der Waals surface area contributed by atoms with Crippen molar-refractivity contribution in [3.8, 4) is 0 Å². The standard InChI is InChI=1S/C19H28ClIN4OSi/c1-19(2,3)27(4,5)26-13-8-6-12(7-9-13)24-18-23-10-14-16(25-18)15(21)11-22-17(14)20/h10-13H,6-9H2,1-5H3,(H,23,24,25). The average Bonchev–Trinajstić information content (AvgIpc) is 2.59. The van der Waals surface area contributed by atoms with Gasteiger partial charge in [-0.15, -0.1) is 0 Å². The highest BCUT2D eigenvalue weighted by Gasteiger charge is 2.39. The summed E-state index contributed by atoms with van der Waals surface area (Å²) in [6, 6.07) is 0.386. The molecule has 2 heterocycles. The van der Waals surface area contributed by atoms with Gasteiger partial charge in [0, 0.05) is 24.5 Å². The molecule has 148 valence electrons. The molecule has 0 atom stereocenters. The first-order valence-electron chi connectivity index (χ1n) is 9.48. The molecule has 1 aliphatic rings. The summed E-state index contributed by atoms with van der Waals surface area (Å²) < 4.78 is 7.56. The summed E-state index contributed by atoms with van der Waals surface area (Å²) in [6.07, 6.45) is 8.21. The summed E-state index contributed by atoms with van der Waals surface area (Å²) in [5.74, 6) is 0.663. The summed E-state index contributed by atoms with van der Waals surface area (Å²) in [5.41, 5.74) is 0.850. The normalized spacial score (nSPS) is 21.4. The number of pyridine rings is 1. The maximum absolute atomic E-state index is 6.59. The van der Waals surface area contributed by atoms with Crippen LogP contribution in [0.15, 0.2) is 12.4 Å². The molecule has 0 unspecified atom stereocenters. The highest BCUT2D eigenvalue weighted by Crippen LogP contribution is 2.39. The molecule has 2 aromatic heterocycles. The molecule has 3 rings (SSSR count). The van der Waals surface area contributed by atoms with Crippen molar-refractivity contribution in [2.45, 2.75) is 76.7 Å². The number of nitrogens with one attached hydrogen (secondary N) is 1. The molecule has 1 aliphatic carbocycles. The van der Waals surface area contributed by atoms with Crippen LogP contribution in [0, 0.1) is 3.57 Å². The van der Waals surface area contributed by atoms with Gasteiger partial charge in [-0.3, -0.25) is 0 Å². The first kappa shape index (κ1) is 21.2. The number of anilines is 1. The first-order chi connectivity index (χ1) is 12.6. The van der Waals surface area contributed by atoms with E-state index in [1.165, 1.54) is 0 Å². The third kappa shape index (κ3) is 4.91. The number of aromatic nitrogens is 3. The van der Waals surface area contributed by atoms with Crippen molar-refractivity contribution in [2.75, 3.05) is 5.32 Å². The molecule has 0 radical (unpaired) electrons. The van der Waals surface area contributed by atoms with E-state index in [1.807, 2.05) is 0 Å². The molecule has 0 spiro atoms. The van der Waals surface area contributed by atoms with Gasteiger partial charge in [0.05, 0.1) is 14.5 Å². The lowest BCUT2D eigenvalue weighted by Crippen LogP contribution is -2.45. The molecule has 2 aromatic rings. The lowest BCUT2D eigenvalue weighted by atomic mass is 9.93. The quantitative estimate of drug-likeness (QED) is 0.304. The second kappa shape index (κ2) is 8.08. The zero-order valence-corrected chi connectivity index (χ0v) is 20.6. The van der Waals surface area contributed by atoms with Gasteiger partial charge in [0.1, 0.15) is 5.15 Å². The van der Waals surface area contributed by atoms with Crippen molar-refractivity contribution < 1.29 is 4.43 Å². The molecule has 5 nitrogen and oxygen atoms in total. The van der Waals surface area contributed by atoms with Gasteiger partial charge in [-0.25, -0.2) is 15.0 Å². The van der Waals surface area contributed by atoms with Crippen molar-refractivity contribution >= 4 is 59.4 Å². The van der Waals surface area contributed by atoms with Crippen molar-refractivity contribution in [3.63, 3.8) is 0 Å². The SMILES string of the molecule is CC(C)(C)[Si](C)(C)OC1CCC(Nc2ncc3c(Cl)ncc(I)c3n2)CC1. The van der Waals surface area contributed by atoms with Gasteiger partial charge in [0.25, 0.3) is 0 Å². The molecule has 0 bridgehead atoms. The summed E-state index contributed by atoms with van der Waals surface area (Å²) in [4.78, 5) is 13.3. The third-order valence-electron chi connectivity index (χ3n) is 5.80. The topological polar surface area (TPSA) is 59.9 Å². The molecule has 8 heteroatoms. The smallest absolute Gasteiger partial charge is 0.223 e. The summed E-state index contributed by atoms with van der Waals surface area (Å²) >= 11 is 8.38. The molecule has 1 saturated carbocycles. The molecule has 0 aromatic carbocycles. The summed E-state index contributed by atoms with van der Waals surface area (Å²) in [5, 5.41) is 5.00. The maximum atomic E-state index is 6.59. The lowest BCUT2D eigenvalue weighted by Gasteiger charge is -2.41. The van der Waals surface area contributed by atoms with E-state index in [0.29, 0.717) is 23.2 Å². The highest BCUT2D eigenvalue weighted by molar-refractivity contribution is 14.1. The van der Waals surface area contributed by atoms with Gasteiger partial charge in [-0.05, 0) is 66.4 Å². The van der Waals surface area contributed by atoms with Crippen LogP contribution in [0.4, 0.5) is 5.95 Å². The predicted octanol–water partition coefficient (Wildman–Crippen LogP) is 6.03. The summed E-state index contributed by atoms with van der Waals surface area (Å²) in [6.45, 7) is 11.6. The zero-order chi connectivity index (χ0) is 19.8. The van der Waals surface area contributed by atoms with Crippen LogP contribution in [-0.2, 0) is 4.43 Å². The fourth-order valence-electron chi connectivity index (χ4n) is 3.13. The van der Waals surface area contributed by atoms with E-state index in [1.54, 1.807) is 12.4 Å². The van der Waals surface area contributed by atoms with Crippen molar-refractivity contribution in [3.05, 3.63) is 21.1 Å². The minimum Gasteiger partial charge on any atom is -0.414 e. The van der Waals surface area contributed by atoms with E-state index in [4.69, 9.17) is 16.0 Å². The van der Waals surface area contributed by atoms with Gasteiger partial charge in [0.2, 0.25) is 5.95 Å². The second-order valence-corrected chi connectivity index (χ2v) is 15.1. The third-order valence-corrected chi connectivity index (χ3v) is 11.4. The molecule has 1 fully saturated rings. The number of hydrogen-bond donors (Lipinski definition) is 1. The van der Waals surface area contributed by atoms with E-state index < -0.39 is 8.32 Å². The van der Waals surface area contributed by atoms with E-state index >= 15 is 0 Å². The van der Waals surface area contributed by atoms with Gasteiger partial charge in [-0.2, -0.15) is 0 Å². The highest BCUT2D eigenvalue weighted by atomic mass is 127. The molecule has 0 amide bonds. The molecule has 0 saturated heterocycles. The van der Waals surface area contributed by atoms with Crippen molar-refractivity contribution in [1.82, 2.24) is 15.0 Å². The Morgan fingerprint density at radius 2 is 1.81 bits per heavy atom. The number of fused-ring (bicyclic) bond motifs is 1. The van der Waals surface area contributed by atoms with Gasteiger partial charge >= 0.3 is 0 Å². The second-order valence-electron chi connectivity index (χ2n) is 8.85. The van der Waals surface area contributed by atoms with Crippen LogP contribution < -0.4 is 5.32 Å². The van der Waals surface area contributed by atoms with Crippen LogP contribution in [-0.4, -0.2) is 35.4 Å². The molecular formula is C19H28ClIN4OSi. The maximum Gasteiger partial charge on any atom is 0.223 e. The monoisotopic (exact) mass is 518 g/mol. The first-order valence-corrected chi connectivity index (χ1v) is 13.8. The molecular weight excluding hydrogens is 491 g/mol. The fraction of sp³-hybridized carbons (Fsp3) is 0.632. The average molecular weight is 519 g/mol. The van der Waals surface area contributed by atoms with Crippen LogP contribution in [0.25, 0.3) is 10.9 Å². The van der Waals surface area contributed by atoms with Crippen LogP contribution in [0.2, 0.25) is 23.3 Å². The Labute approximate surface area is 181 Å². The lowest BCUT2D eigenvalue weighted by molar-refractivity contribution is 0.133. The van der Waals surface area contributed by atoms with E-state index in [-0.39, 0.29) is 5.04 Å². The van der Waals surface area contributed by atoms with E-state index in [9.17, 15) is 0 Å². The Balaban J connectivity index is 1.61. The minimum absolute atomic E-state index is 0.258. The van der Waals surface area contributed by atoms with Crippen LogP contribution >= 0.6 is 34.2 Å². The molecule has 1 N–H and O–H groups in total. The molecule has 27 heavy (non-hydrogen) atoms. The van der Waals surface area contributed by atoms with Crippen molar-refractivity contribution in [1.29, 1.82) is 0 Å². The Kier molecular flexibility index (Phi) is 6.35. The van der Waals surface area contributed by atoms with Gasteiger partial charge in [-0.1, -0.05) is 32.4 Å². The Morgan fingerprint density at radius 1 is 1.15 bits per heavy atom. The fourth-order valence-corrected chi connectivity index (χ4v) is 5.29. The molecule has 0 aliphatic heterocycles. The van der Waals surface area contributed by atoms with E-state index in [2.05, 4.69) is 76.7 Å². The minimum atomic E-state index is -1.70. The predicted molar refractivity (Wildman–Crippen MR) is 123 cm³/mol. The number of hydrogen-bond acceptors (Lipinski definition) is 5. The Hall–Kier alpha value is -0.513. The summed E-state index contributed by atoms with van der Waals surface area (Å²) in [7, 11) is -1.70. The van der Waals surface area contributed by atoms with Crippen LogP contribution in [0.5, 0.6) is 0 Å². The largest absolute Gasteiger partial charge is 0.414 e. The number of nitrogens with zero attached hydrogens (tertiary/aromatic N) is 3.